The van der Waals surface area contributed by atoms with Gasteiger partial charge in [-0.25, -0.2) is 0 Å². The zero-order valence-corrected chi connectivity index (χ0v) is 10.6. The van der Waals surface area contributed by atoms with E-state index in [4.69, 9.17) is 0 Å². The molecule has 0 bridgehead atoms. The first-order chi connectivity index (χ1) is 9.05. The summed E-state index contributed by atoms with van der Waals surface area (Å²) in [6.45, 7) is 2.39. The van der Waals surface area contributed by atoms with E-state index < -0.39 is 11.7 Å². The van der Waals surface area contributed by atoms with E-state index in [-0.39, 0.29) is 0 Å². The lowest BCUT2D eigenvalue weighted by atomic mass is 9.94. The number of rotatable bonds is 1. The number of hydrogen-bond acceptors (Lipinski definition) is 2. The second kappa shape index (κ2) is 4.71. The number of nitrogens with zero attached hydrogens (tertiary/aromatic N) is 1. The van der Waals surface area contributed by atoms with Crippen LogP contribution < -0.4 is 10.2 Å². The molecule has 19 heavy (non-hydrogen) atoms. The van der Waals surface area contributed by atoms with Gasteiger partial charge in [0.1, 0.15) is 0 Å². The van der Waals surface area contributed by atoms with Crippen molar-refractivity contribution in [3.8, 4) is 0 Å². The number of alkyl halides is 3. The summed E-state index contributed by atoms with van der Waals surface area (Å²) in [5.41, 5.74) is -0.195. The molecule has 2 fully saturated rings. The van der Waals surface area contributed by atoms with E-state index in [9.17, 15) is 13.2 Å². The molecule has 5 heteroatoms. The molecule has 0 radical (unpaired) electrons. The number of halogens is 3. The highest BCUT2D eigenvalue weighted by Gasteiger charge is 2.39. The lowest BCUT2D eigenvalue weighted by molar-refractivity contribution is -0.137. The largest absolute Gasteiger partial charge is 0.418 e. The first-order valence-electron chi connectivity index (χ1n) is 6.70. The van der Waals surface area contributed by atoms with Crippen LogP contribution in [0, 0.1) is 5.92 Å². The van der Waals surface area contributed by atoms with Gasteiger partial charge in [0, 0.05) is 24.8 Å². The first-order valence-corrected chi connectivity index (χ1v) is 6.70. The maximum atomic E-state index is 13.0. The smallest absolute Gasteiger partial charge is 0.369 e. The molecule has 0 saturated carbocycles. The van der Waals surface area contributed by atoms with Gasteiger partial charge in [-0.15, -0.1) is 0 Å². The summed E-state index contributed by atoms with van der Waals surface area (Å²) >= 11 is 0. The fraction of sp³-hybridized carbons (Fsp3) is 0.571. The van der Waals surface area contributed by atoms with Gasteiger partial charge in [-0.2, -0.15) is 13.2 Å². The molecule has 2 unspecified atom stereocenters. The van der Waals surface area contributed by atoms with Gasteiger partial charge in [-0.3, -0.25) is 0 Å². The Kier molecular flexibility index (Phi) is 3.17. The molecule has 0 aromatic heterocycles. The van der Waals surface area contributed by atoms with Crippen LogP contribution in [0.1, 0.15) is 18.4 Å². The van der Waals surface area contributed by atoms with Crippen LogP contribution in [-0.2, 0) is 6.18 Å². The van der Waals surface area contributed by atoms with Crippen LogP contribution in [0.5, 0.6) is 0 Å². The third-order valence-corrected chi connectivity index (χ3v) is 4.15. The van der Waals surface area contributed by atoms with Crippen LogP contribution in [0.2, 0.25) is 0 Å². The lowest BCUT2D eigenvalue weighted by Gasteiger charge is -2.24. The summed E-state index contributed by atoms with van der Waals surface area (Å²) in [4.78, 5) is 1.89. The minimum absolute atomic E-state index is 0.325. The quantitative estimate of drug-likeness (QED) is 0.844. The predicted molar refractivity (Wildman–Crippen MR) is 68.2 cm³/mol. The van der Waals surface area contributed by atoms with Gasteiger partial charge in [0.15, 0.2) is 0 Å². The van der Waals surface area contributed by atoms with Crippen molar-refractivity contribution in [1.82, 2.24) is 5.32 Å². The predicted octanol–water partition coefficient (Wildman–Crippen LogP) is 2.89. The van der Waals surface area contributed by atoms with Gasteiger partial charge >= 0.3 is 6.18 Å². The Morgan fingerprint density at radius 2 is 1.95 bits per heavy atom. The maximum absolute atomic E-state index is 13.0. The summed E-state index contributed by atoms with van der Waals surface area (Å²) in [7, 11) is 0. The van der Waals surface area contributed by atoms with E-state index in [2.05, 4.69) is 5.32 Å². The molecule has 2 saturated heterocycles. The SMILES string of the molecule is FC(F)(F)c1ccccc1N1CC2CCCNC2C1. The summed E-state index contributed by atoms with van der Waals surface area (Å²) < 4.78 is 39.1. The van der Waals surface area contributed by atoms with E-state index >= 15 is 0 Å². The number of hydrogen-bond donors (Lipinski definition) is 1. The van der Waals surface area contributed by atoms with Gasteiger partial charge in [-0.1, -0.05) is 12.1 Å². The average Bonchev–Trinajstić information content (AvgIpc) is 2.81. The average molecular weight is 270 g/mol. The molecule has 3 rings (SSSR count). The fourth-order valence-corrected chi connectivity index (χ4v) is 3.23. The molecule has 1 aromatic rings. The standard InChI is InChI=1S/C14H17F3N2/c15-14(16,17)11-5-1-2-6-13(11)19-8-10-4-3-7-18-12(10)9-19/h1-2,5-6,10,12,18H,3-4,7-9H2. The van der Waals surface area contributed by atoms with E-state index in [0.29, 0.717) is 24.2 Å². The molecule has 0 spiro atoms. The Morgan fingerprint density at radius 1 is 1.16 bits per heavy atom. The van der Waals surface area contributed by atoms with Crippen molar-refractivity contribution < 1.29 is 13.2 Å². The van der Waals surface area contributed by atoms with Gasteiger partial charge < -0.3 is 10.2 Å². The molecular formula is C14H17F3N2. The maximum Gasteiger partial charge on any atom is 0.418 e. The van der Waals surface area contributed by atoms with Crippen LogP contribution in [-0.4, -0.2) is 25.7 Å². The number of para-hydroxylation sites is 1. The molecule has 2 atom stereocenters. The van der Waals surface area contributed by atoms with Crippen LogP contribution in [0.3, 0.4) is 0 Å². The van der Waals surface area contributed by atoms with Crippen LogP contribution in [0.15, 0.2) is 24.3 Å². The van der Waals surface area contributed by atoms with Crippen LogP contribution >= 0.6 is 0 Å². The van der Waals surface area contributed by atoms with Crippen molar-refractivity contribution in [3.05, 3.63) is 29.8 Å². The summed E-state index contributed by atoms with van der Waals surface area (Å²) in [5.74, 6) is 0.482. The van der Waals surface area contributed by atoms with E-state index in [1.807, 2.05) is 4.90 Å². The van der Waals surface area contributed by atoms with Gasteiger partial charge in [-0.05, 0) is 37.4 Å². The fourth-order valence-electron chi connectivity index (χ4n) is 3.23. The molecule has 0 amide bonds. The third kappa shape index (κ3) is 2.43. The molecule has 104 valence electrons. The normalized spacial score (nSPS) is 27.4. The Hall–Kier alpha value is -1.23. The van der Waals surface area contributed by atoms with E-state index in [0.717, 1.165) is 25.9 Å². The lowest BCUT2D eigenvalue weighted by Crippen LogP contribution is -2.40. The van der Waals surface area contributed by atoms with Gasteiger partial charge in [0.25, 0.3) is 0 Å². The van der Waals surface area contributed by atoms with Crippen molar-refractivity contribution in [2.45, 2.75) is 25.1 Å². The molecule has 2 nitrogen and oxygen atoms in total. The molecular weight excluding hydrogens is 253 g/mol. The number of benzene rings is 1. The second-order valence-electron chi connectivity index (χ2n) is 5.38. The second-order valence-corrected chi connectivity index (χ2v) is 5.38. The highest BCUT2D eigenvalue weighted by molar-refractivity contribution is 5.56. The molecule has 1 aromatic carbocycles. The molecule has 2 aliphatic heterocycles. The Balaban J connectivity index is 1.87. The Bertz CT molecular complexity index is 444. The van der Waals surface area contributed by atoms with Gasteiger partial charge in [0.05, 0.1) is 5.56 Å². The van der Waals surface area contributed by atoms with E-state index in [1.165, 1.54) is 12.1 Å². The highest BCUT2D eigenvalue weighted by atomic mass is 19.4. The number of nitrogens with one attached hydrogen (secondary N) is 1. The summed E-state index contributed by atoms with van der Waals surface area (Å²) in [6, 6.07) is 6.23. The zero-order chi connectivity index (χ0) is 13.5. The Morgan fingerprint density at radius 3 is 2.68 bits per heavy atom. The Labute approximate surface area is 110 Å². The number of anilines is 1. The molecule has 1 N–H and O–H groups in total. The highest BCUT2D eigenvalue weighted by Crippen LogP contribution is 2.39. The number of piperidine rings is 1. The van der Waals surface area contributed by atoms with Crippen molar-refractivity contribution in [2.75, 3.05) is 24.5 Å². The minimum atomic E-state index is -4.28. The zero-order valence-electron chi connectivity index (χ0n) is 10.6. The van der Waals surface area contributed by atoms with Gasteiger partial charge in [0.2, 0.25) is 0 Å². The monoisotopic (exact) mass is 270 g/mol. The minimum Gasteiger partial charge on any atom is -0.369 e. The topological polar surface area (TPSA) is 15.3 Å². The molecule has 2 heterocycles. The summed E-state index contributed by atoms with van der Waals surface area (Å²) in [5, 5.41) is 3.42. The number of fused-ring (bicyclic) bond motifs is 1. The van der Waals surface area contributed by atoms with E-state index in [1.54, 1.807) is 12.1 Å². The molecule has 2 aliphatic rings. The van der Waals surface area contributed by atoms with Crippen LogP contribution in [0.4, 0.5) is 18.9 Å². The van der Waals surface area contributed by atoms with Crippen LogP contribution in [0.25, 0.3) is 0 Å². The third-order valence-electron chi connectivity index (χ3n) is 4.15. The van der Waals surface area contributed by atoms with Crippen molar-refractivity contribution in [2.24, 2.45) is 5.92 Å². The first kappa shape index (κ1) is 12.8. The molecule has 0 aliphatic carbocycles. The van der Waals surface area contributed by atoms with Crippen molar-refractivity contribution >= 4 is 5.69 Å². The van der Waals surface area contributed by atoms with Crippen molar-refractivity contribution in [1.29, 1.82) is 0 Å². The summed E-state index contributed by atoms with van der Waals surface area (Å²) in [6.07, 6.45) is -2.05. The van der Waals surface area contributed by atoms with Crippen molar-refractivity contribution in [3.63, 3.8) is 0 Å².